The second-order valence-electron chi connectivity index (χ2n) is 11.1. The minimum atomic E-state index is -1.01. The second-order valence-corrected chi connectivity index (χ2v) is 11.1. The number of ether oxygens (including phenoxy) is 4. The summed E-state index contributed by atoms with van der Waals surface area (Å²) in [5.41, 5.74) is 0.125. The molecule has 0 amide bonds. The van der Waals surface area contributed by atoms with Gasteiger partial charge in [0.1, 0.15) is 24.0 Å². The Morgan fingerprint density at radius 2 is 2.00 bits per heavy atom. The molecular weight excluding hydrogens is 482 g/mol. The zero-order valence-electron chi connectivity index (χ0n) is 21.6. The first-order valence-corrected chi connectivity index (χ1v) is 13.1. The highest BCUT2D eigenvalue weighted by Crippen LogP contribution is 2.62. The number of aliphatic hydroxyl groups excluding tert-OH is 3. The Balaban J connectivity index is 1.57. The van der Waals surface area contributed by atoms with E-state index in [0.717, 1.165) is 5.57 Å². The highest BCUT2D eigenvalue weighted by Gasteiger charge is 2.70. The summed E-state index contributed by atoms with van der Waals surface area (Å²) < 4.78 is 23.9. The van der Waals surface area contributed by atoms with Crippen LogP contribution in [0.1, 0.15) is 50.5 Å². The fourth-order valence-electron chi connectivity index (χ4n) is 7.45. The fraction of sp³-hybridized carbons (Fsp3) is 0.704. The third-order valence-corrected chi connectivity index (χ3v) is 8.95. The number of H-pyrrole nitrogens is 1. The highest BCUT2D eigenvalue weighted by atomic mass is 16.6. The van der Waals surface area contributed by atoms with Crippen LogP contribution in [0.2, 0.25) is 0 Å². The number of nitrogens with one attached hydrogen (secondary N) is 1. The lowest BCUT2D eigenvalue weighted by atomic mass is 9.55. The SMILES string of the molecule is CO[C@H]1C[C@H]2C[C@@H](O)[C@H]3[C@H]4O[C@]2(/C(C)=C/[C@@H](C)[C@@H]([C@@H](C)O)OC1=O)[C@@H]3[C@H](O)C[C@H]4OC(=O)c1ccc[nH]1. The van der Waals surface area contributed by atoms with Crippen molar-refractivity contribution in [1.82, 2.24) is 4.98 Å². The maximum atomic E-state index is 13.0. The van der Waals surface area contributed by atoms with Crippen molar-refractivity contribution >= 4 is 11.9 Å². The maximum Gasteiger partial charge on any atom is 0.355 e. The van der Waals surface area contributed by atoms with Crippen molar-refractivity contribution in [3.8, 4) is 0 Å². The monoisotopic (exact) mass is 519 g/mol. The highest BCUT2D eigenvalue weighted by molar-refractivity contribution is 5.87. The average Bonchev–Trinajstić information content (AvgIpc) is 3.45. The van der Waals surface area contributed by atoms with Crippen LogP contribution in [-0.2, 0) is 23.7 Å². The van der Waals surface area contributed by atoms with Crippen LogP contribution >= 0.6 is 0 Å². The molecule has 1 saturated heterocycles. The number of aromatic nitrogens is 1. The van der Waals surface area contributed by atoms with Crippen LogP contribution in [-0.4, -0.2) is 87.7 Å². The Kier molecular flexibility index (Phi) is 6.99. The minimum absolute atomic E-state index is 0.175. The smallest absolute Gasteiger partial charge is 0.355 e. The van der Waals surface area contributed by atoms with Gasteiger partial charge in [-0.05, 0) is 50.3 Å². The minimum Gasteiger partial charge on any atom is -0.457 e. The number of carbonyl (C=O) groups is 2. The van der Waals surface area contributed by atoms with Crippen LogP contribution in [0, 0.1) is 23.7 Å². The molecule has 5 rings (SSSR count). The van der Waals surface area contributed by atoms with E-state index in [4.69, 9.17) is 18.9 Å². The van der Waals surface area contributed by atoms with Crippen LogP contribution < -0.4 is 0 Å². The Bertz CT molecular complexity index is 1040. The van der Waals surface area contributed by atoms with Gasteiger partial charge >= 0.3 is 11.9 Å². The predicted octanol–water partition coefficient (Wildman–Crippen LogP) is 1.35. The van der Waals surface area contributed by atoms with Gasteiger partial charge in [-0.1, -0.05) is 13.0 Å². The van der Waals surface area contributed by atoms with Gasteiger partial charge in [0.05, 0.1) is 23.9 Å². The van der Waals surface area contributed by atoms with E-state index in [1.165, 1.54) is 7.11 Å². The zero-order chi connectivity index (χ0) is 26.6. The standard InChI is InChI=1S/C27H37NO9/c1-12-8-13(2)27-15(10-20(34-4)26(33)36-23(12)14(3)29)9-17(30)21-22(27)18(31)11-19(24(21)37-27)35-25(32)16-6-5-7-28-16/h5-8,12,14-15,17-24,28-31H,9-11H2,1-4H3/b13-8+/t12-,14-,15-,17-,18-,19-,20+,21-,22-,23+,24+,27+/m1/s1. The van der Waals surface area contributed by atoms with Crippen LogP contribution in [0.15, 0.2) is 30.0 Å². The van der Waals surface area contributed by atoms with Crippen molar-refractivity contribution in [2.75, 3.05) is 7.11 Å². The summed E-state index contributed by atoms with van der Waals surface area (Å²) in [6, 6.07) is 3.31. The van der Waals surface area contributed by atoms with E-state index in [1.54, 1.807) is 25.3 Å². The molecule has 2 aliphatic carbocycles. The normalized spacial score (nSPS) is 45.7. The third-order valence-electron chi connectivity index (χ3n) is 8.95. The summed E-state index contributed by atoms with van der Waals surface area (Å²) in [5.74, 6) is -2.79. The van der Waals surface area contributed by atoms with E-state index < -0.39 is 72.1 Å². The van der Waals surface area contributed by atoms with Gasteiger partial charge in [-0.2, -0.15) is 0 Å². The summed E-state index contributed by atoms with van der Waals surface area (Å²) in [6.45, 7) is 5.36. The summed E-state index contributed by atoms with van der Waals surface area (Å²) in [4.78, 5) is 28.6. The quantitative estimate of drug-likeness (QED) is 0.342. The van der Waals surface area contributed by atoms with Gasteiger partial charge in [0.15, 0.2) is 6.10 Å². The molecule has 2 saturated carbocycles. The van der Waals surface area contributed by atoms with Gasteiger partial charge in [-0.15, -0.1) is 0 Å². The summed E-state index contributed by atoms with van der Waals surface area (Å²) in [5, 5.41) is 33.2. The molecule has 1 aromatic heterocycles. The Morgan fingerprint density at radius 1 is 1.24 bits per heavy atom. The number of hydrogen-bond donors (Lipinski definition) is 4. The molecule has 10 nitrogen and oxygen atoms in total. The second kappa shape index (κ2) is 9.81. The molecule has 4 N–H and O–H groups in total. The van der Waals surface area contributed by atoms with E-state index in [1.807, 2.05) is 19.9 Å². The lowest BCUT2D eigenvalue weighted by molar-refractivity contribution is -0.174. The summed E-state index contributed by atoms with van der Waals surface area (Å²) in [6.07, 6.45) is -1.51. The van der Waals surface area contributed by atoms with Crippen LogP contribution in [0.4, 0.5) is 0 Å². The molecule has 12 atom stereocenters. The van der Waals surface area contributed by atoms with Crippen molar-refractivity contribution in [2.45, 2.75) is 88.4 Å². The molecule has 3 fully saturated rings. The van der Waals surface area contributed by atoms with Crippen molar-refractivity contribution < 1.29 is 43.9 Å². The van der Waals surface area contributed by atoms with Crippen molar-refractivity contribution in [3.05, 3.63) is 35.7 Å². The molecule has 0 aromatic carbocycles. The van der Waals surface area contributed by atoms with Gasteiger partial charge in [0.2, 0.25) is 0 Å². The van der Waals surface area contributed by atoms with Gasteiger partial charge in [0, 0.05) is 37.5 Å². The predicted molar refractivity (Wildman–Crippen MR) is 129 cm³/mol. The summed E-state index contributed by atoms with van der Waals surface area (Å²) >= 11 is 0. The molecule has 1 aromatic rings. The Hall–Kier alpha value is -2.24. The topological polar surface area (TPSA) is 148 Å². The number of rotatable bonds is 4. The summed E-state index contributed by atoms with van der Waals surface area (Å²) in [7, 11) is 1.43. The first kappa shape index (κ1) is 26.4. The van der Waals surface area contributed by atoms with E-state index in [0.29, 0.717) is 12.1 Å². The first-order valence-electron chi connectivity index (χ1n) is 13.1. The van der Waals surface area contributed by atoms with Gasteiger partial charge in [-0.3, -0.25) is 0 Å². The first-order chi connectivity index (χ1) is 17.6. The maximum absolute atomic E-state index is 13.0. The number of cyclic esters (lactones) is 1. The molecular formula is C27H37NO9. The average molecular weight is 520 g/mol. The molecule has 4 aliphatic rings. The van der Waals surface area contributed by atoms with Gasteiger partial charge in [-0.25, -0.2) is 9.59 Å². The van der Waals surface area contributed by atoms with Gasteiger partial charge in [0.25, 0.3) is 0 Å². The molecule has 1 spiro atoms. The molecule has 0 radical (unpaired) electrons. The fourth-order valence-corrected chi connectivity index (χ4v) is 7.45. The Labute approximate surface area is 215 Å². The van der Waals surface area contributed by atoms with E-state index in [-0.39, 0.29) is 24.7 Å². The third kappa shape index (κ3) is 4.23. The van der Waals surface area contributed by atoms with Crippen molar-refractivity contribution in [2.24, 2.45) is 23.7 Å². The number of hydrogen-bond acceptors (Lipinski definition) is 9. The van der Waals surface area contributed by atoms with E-state index in [2.05, 4.69) is 4.98 Å². The largest absolute Gasteiger partial charge is 0.457 e. The number of aliphatic hydroxyl groups is 3. The van der Waals surface area contributed by atoms with E-state index in [9.17, 15) is 24.9 Å². The molecule has 10 heteroatoms. The van der Waals surface area contributed by atoms with Crippen molar-refractivity contribution in [1.29, 1.82) is 0 Å². The number of aromatic amines is 1. The molecule has 37 heavy (non-hydrogen) atoms. The zero-order valence-corrected chi connectivity index (χ0v) is 21.6. The van der Waals surface area contributed by atoms with Crippen LogP contribution in [0.3, 0.4) is 0 Å². The molecule has 0 unspecified atom stereocenters. The molecule has 204 valence electrons. The molecule has 2 aliphatic heterocycles. The number of methoxy groups -OCH3 is 1. The number of carbonyl (C=O) groups excluding carboxylic acids is 2. The van der Waals surface area contributed by atoms with Gasteiger partial charge < -0.3 is 39.3 Å². The molecule has 3 heterocycles. The van der Waals surface area contributed by atoms with Crippen LogP contribution in [0.25, 0.3) is 0 Å². The Morgan fingerprint density at radius 3 is 2.65 bits per heavy atom. The van der Waals surface area contributed by atoms with Crippen molar-refractivity contribution in [3.63, 3.8) is 0 Å². The lowest BCUT2D eigenvalue weighted by Crippen LogP contribution is -2.59. The van der Waals surface area contributed by atoms with Crippen LogP contribution in [0.5, 0.6) is 0 Å². The lowest BCUT2D eigenvalue weighted by Gasteiger charge is -2.51. The number of esters is 2. The van der Waals surface area contributed by atoms with E-state index >= 15 is 0 Å². The molecule has 4 bridgehead atoms.